The monoisotopic (exact) mass is 549 g/mol. The lowest BCUT2D eigenvalue weighted by Crippen LogP contribution is -2.50. The van der Waals surface area contributed by atoms with Crippen LogP contribution in [-0.4, -0.2) is 41.1 Å². The number of amides is 1. The maximum Gasteiger partial charge on any atom is 0.326 e. The van der Waals surface area contributed by atoms with Crippen molar-refractivity contribution in [2.24, 2.45) is 0 Å². The van der Waals surface area contributed by atoms with Crippen molar-refractivity contribution in [3.8, 4) is 11.5 Å². The van der Waals surface area contributed by atoms with Crippen molar-refractivity contribution < 1.29 is 28.9 Å². The Morgan fingerprint density at radius 3 is 2.41 bits per heavy atom. The van der Waals surface area contributed by atoms with E-state index >= 15 is 0 Å². The number of hydrogen-bond acceptors (Lipinski definition) is 5. The molecule has 3 aromatic rings. The van der Waals surface area contributed by atoms with Gasteiger partial charge in [0.1, 0.15) is 12.6 Å². The Morgan fingerprint density at radius 1 is 1.03 bits per heavy atom. The van der Waals surface area contributed by atoms with Gasteiger partial charge in [0.15, 0.2) is 17.6 Å². The normalized spacial score (nSPS) is 17.9. The number of carbonyl (C=O) groups is 2. The van der Waals surface area contributed by atoms with Crippen molar-refractivity contribution in [1.82, 2.24) is 4.90 Å². The molecule has 1 aliphatic heterocycles. The highest BCUT2D eigenvalue weighted by Crippen LogP contribution is 2.40. The van der Waals surface area contributed by atoms with Gasteiger partial charge in [0.2, 0.25) is 0 Å². The first-order valence-corrected chi connectivity index (χ1v) is 13.6. The third kappa shape index (κ3) is 6.05. The van der Waals surface area contributed by atoms with Crippen LogP contribution in [0.2, 0.25) is 5.02 Å². The van der Waals surface area contributed by atoms with Gasteiger partial charge in [-0.3, -0.25) is 4.79 Å². The Kier molecular flexibility index (Phi) is 8.38. The summed E-state index contributed by atoms with van der Waals surface area (Å²) < 4.78 is 18.1. The van der Waals surface area contributed by atoms with Crippen molar-refractivity contribution >= 4 is 23.5 Å². The molecule has 2 aliphatic rings. The predicted octanol–water partition coefficient (Wildman–Crippen LogP) is 5.97. The number of carboxylic acids is 1. The van der Waals surface area contributed by atoms with Crippen LogP contribution in [0.3, 0.4) is 0 Å². The van der Waals surface area contributed by atoms with Gasteiger partial charge in [0, 0.05) is 23.6 Å². The van der Waals surface area contributed by atoms with E-state index < -0.39 is 18.1 Å². The number of benzene rings is 3. The SMILES string of the molecule is COc1ccc2c(c1OCc1ccc(Cl)cc1)C[C@H](C(=O)O)N(C(=O)[C@H](OC1CCCC1)c1ccccc1)C2. The van der Waals surface area contributed by atoms with Gasteiger partial charge in [-0.25, -0.2) is 4.79 Å². The van der Waals surface area contributed by atoms with Gasteiger partial charge in [-0.2, -0.15) is 0 Å². The summed E-state index contributed by atoms with van der Waals surface area (Å²) in [6, 6.07) is 19.3. The zero-order valence-corrected chi connectivity index (χ0v) is 22.6. The van der Waals surface area contributed by atoms with Gasteiger partial charge >= 0.3 is 5.97 Å². The fraction of sp³-hybridized carbons (Fsp3) is 0.355. The lowest BCUT2D eigenvalue weighted by molar-refractivity contribution is -0.160. The molecule has 0 aromatic heterocycles. The van der Waals surface area contributed by atoms with Crippen LogP contribution in [0, 0.1) is 0 Å². The molecule has 1 heterocycles. The van der Waals surface area contributed by atoms with E-state index in [1.807, 2.05) is 48.5 Å². The fourth-order valence-electron chi connectivity index (χ4n) is 5.40. The van der Waals surface area contributed by atoms with E-state index in [-0.39, 0.29) is 31.6 Å². The highest BCUT2D eigenvalue weighted by molar-refractivity contribution is 6.30. The minimum Gasteiger partial charge on any atom is -0.493 e. The van der Waals surface area contributed by atoms with Crippen LogP contribution in [0.15, 0.2) is 66.7 Å². The highest BCUT2D eigenvalue weighted by atomic mass is 35.5. The number of halogens is 1. The summed E-state index contributed by atoms with van der Waals surface area (Å²) in [5.41, 5.74) is 3.19. The van der Waals surface area contributed by atoms with Crippen molar-refractivity contribution in [1.29, 1.82) is 0 Å². The zero-order chi connectivity index (χ0) is 27.4. The quantitative estimate of drug-likeness (QED) is 0.354. The molecule has 204 valence electrons. The molecular weight excluding hydrogens is 518 g/mol. The average molecular weight is 550 g/mol. The van der Waals surface area contributed by atoms with E-state index in [1.54, 1.807) is 25.3 Å². The van der Waals surface area contributed by atoms with Crippen molar-refractivity contribution in [2.45, 2.75) is 63.5 Å². The van der Waals surface area contributed by atoms with Crippen LogP contribution in [0.1, 0.15) is 54.0 Å². The molecule has 0 spiro atoms. The minimum atomic E-state index is -1.08. The molecule has 0 unspecified atom stereocenters. The summed E-state index contributed by atoms with van der Waals surface area (Å²) in [5.74, 6) is -0.415. The summed E-state index contributed by atoms with van der Waals surface area (Å²) in [5, 5.41) is 10.9. The molecule has 1 aliphatic carbocycles. The summed E-state index contributed by atoms with van der Waals surface area (Å²) in [6.45, 7) is 0.388. The van der Waals surface area contributed by atoms with Gasteiger partial charge < -0.3 is 24.2 Å². The van der Waals surface area contributed by atoms with Crippen molar-refractivity contribution in [3.63, 3.8) is 0 Å². The Bertz CT molecular complexity index is 1310. The van der Waals surface area contributed by atoms with Crippen LogP contribution in [0.5, 0.6) is 11.5 Å². The van der Waals surface area contributed by atoms with Crippen LogP contribution >= 0.6 is 11.6 Å². The van der Waals surface area contributed by atoms with Crippen molar-refractivity contribution in [2.75, 3.05) is 7.11 Å². The molecule has 1 fully saturated rings. The Balaban J connectivity index is 1.45. The van der Waals surface area contributed by atoms with Crippen LogP contribution in [0.4, 0.5) is 0 Å². The van der Waals surface area contributed by atoms with Crippen LogP contribution in [0.25, 0.3) is 0 Å². The summed E-state index contributed by atoms with van der Waals surface area (Å²) in [6.07, 6.45) is 3.14. The third-order valence-corrected chi connectivity index (χ3v) is 7.73. The third-order valence-electron chi connectivity index (χ3n) is 7.48. The second-order valence-corrected chi connectivity index (χ2v) is 10.4. The summed E-state index contributed by atoms with van der Waals surface area (Å²) in [4.78, 5) is 28.0. The van der Waals surface area contributed by atoms with Gasteiger partial charge in [0.05, 0.1) is 13.2 Å². The number of rotatable bonds is 9. The van der Waals surface area contributed by atoms with Gasteiger partial charge in [0.25, 0.3) is 5.91 Å². The van der Waals surface area contributed by atoms with E-state index in [2.05, 4.69) is 0 Å². The first-order valence-electron chi connectivity index (χ1n) is 13.2. The molecule has 2 atom stereocenters. The molecule has 1 saturated carbocycles. The van der Waals surface area contributed by atoms with Gasteiger partial charge in [-0.05, 0) is 47.7 Å². The molecule has 3 aromatic carbocycles. The molecule has 0 radical (unpaired) electrons. The van der Waals surface area contributed by atoms with Crippen molar-refractivity contribution in [3.05, 3.63) is 94.0 Å². The second kappa shape index (κ2) is 12.1. The lowest BCUT2D eigenvalue weighted by Gasteiger charge is -2.37. The Labute approximate surface area is 233 Å². The molecule has 39 heavy (non-hydrogen) atoms. The number of carbonyl (C=O) groups excluding carboxylic acids is 1. The van der Waals surface area contributed by atoms with Crippen LogP contribution in [-0.2, 0) is 33.9 Å². The van der Waals surface area contributed by atoms with E-state index in [1.165, 1.54) is 4.90 Å². The topological polar surface area (TPSA) is 85.3 Å². The van der Waals surface area contributed by atoms with Gasteiger partial charge in [-0.1, -0.05) is 73.0 Å². The van der Waals surface area contributed by atoms with Crippen LogP contribution < -0.4 is 9.47 Å². The summed E-state index contributed by atoms with van der Waals surface area (Å²) >= 11 is 6.01. The Hall–Kier alpha value is -3.55. The number of aliphatic carboxylic acids is 1. The number of methoxy groups -OCH3 is 1. The predicted molar refractivity (Wildman–Crippen MR) is 147 cm³/mol. The van der Waals surface area contributed by atoms with E-state index in [9.17, 15) is 14.7 Å². The highest BCUT2D eigenvalue weighted by Gasteiger charge is 2.41. The second-order valence-electron chi connectivity index (χ2n) is 10.0. The van der Waals surface area contributed by atoms with E-state index in [4.69, 9.17) is 25.8 Å². The zero-order valence-electron chi connectivity index (χ0n) is 21.8. The average Bonchev–Trinajstić information content (AvgIpc) is 3.48. The maximum absolute atomic E-state index is 14.0. The first-order chi connectivity index (χ1) is 18.9. The number of hydrogen-bond donors (Lipinski definition) is 1. The van der Waals surface area contributed by atoms with E-state index in [0.29, 0.717) is 16.5 Å². The molecule has 1 amide bonds. The molecule has 8 heteroatoms. The minimum absolute atomic E-state index is 0.0170. The number of ether oxygens (including phenoxy) is 3. The molecule has 0 saturated heterocycles. The van der Waals surface area contributed by atoms with Gasteiger partial charge in [-0.15, -0.1) is 0 Å². The first kappa shape index (κ1) is 27.0. The molecular formula is C31H32ClNO6. The largest absolute Gasteiger partial charge is 0.493 e. The molecule has 7 nitrogen and oxygen atoms in total. The standard InChI is InChI=1S/C31H32ClNO6/c1-37-27-16-13-22-18-33(30(34)28(21-7-3-2-4-8-21)39-24-9-5-6-10-24)26(31(35)36)17-25(22)29(27)38-19-20-11-14-23(32)15-12-20/h2-4,7-8,11-16,24,26,28H,5-6,9-10,17-19H2,1H3,(H,35,36)/t26-,28-/m1/s1. The molecule has 5 rings (SSSR count). The number of nitrogens with zero attached hydrogens (tertiary/aromatic N) is 1. The smallest absolute Gasteiger partial charge is 0.326 e. The summed E-state index contributed by atoms with van der Waals surface area (Å²) in [7, 11) is 1.55. The Morgan fingerprint density at radius 2 is 1.74 bits per heavy atom. The maximum atomic E-state index is 14.0. The molecule has 1 N–H and O–H groups in total. The molecule has 0 bridgehead atoms. The lowest BCUT2D eigenvalue weighted by atomic mass is 9.91. The number of carboxylic acid groups (broad SMARTS) is 1. The van der Waals surface area contributed by atoms with E-state index in [0.717, 1.165) is 47.9 Å². The fourth-order valence-corrected chi connectivity index (χ4v) is 5.52. The number of fused-ring (bicyclic) bond motifs is 1.